The highest BCUT2D eigenvalue weighted by Gasteiger charge is 2.08. The zero-order valence-electron chi connectivity index (χ0n) is 8.84. The first kappa shape index (κ1) is 12.3. The molecule has 6 heteroatoms. The standard InChI is InChI=1S/C11H8BrClFN3/c1-6-10(13)15-5-16-11(6)17-9-4-7(12)2-3-8(9)14/h2-5H,1H3,(H,15,16,17). The summed E-state index contributed by atoms with van der Waals surface area (Å²) in [5, 5.41) is 3.23. The molecule has 0 atom stereocenters. The Bertz CT molecular complexity index is 562. The molecule has 1 N–H and O–H groups in total. The number of halogens is 3. The monoisotopic (exact) mass is 315 g/mol. The summed E-state index contributed by atoms with van der Waals surface area (Å²) in [6, 6.07) is 4.62. The molecular weight excluding hydrogens is 308 g/mol. The zero-order valence-corrected chi connectivity index (χ0v) is 11.2. The predicted octanol–water partition coefficient (Wildman–Crippen LogP) is 4.08. The Hall–Kier alpha value is -1.20. The van der Waals surface area contributed by atoms with Crippen LogP contribution in [-0.4, -0.2) is 9.97 Å². The molecule has 0 aliphatic carbocycles. The lowest BCUT2D eigenvalue weighted by Crippen LogP contribution is -2.00. The number of nitrogens with one attached hydrogen (secondary N) is 1. The van der Waals surface area contributed by atoms with Crippen molar-refractivity contribution in [2.75, 3.05) is 5.32 Å². The molecule has 0 radical (unpaired) electrons. The molecule has 88 valence electrons. The van der Waals surface area contributed by atoms with Gasteiger partial charge in [-0.05, 0) is 25.1 Å². The Morgan fingerprint density at radius 1 is 1.35 bits per heavy atom. The van der Waals surface area contributed by atoms with Gasteiger partial charge in [-0.1, -0.05) is 27.5 Å². The van der Waals surface area contributed by atoms with Crippen LogP contribution in [-0.2, 0) is 0 Å². The second kappa shape index (κ2) is 4.98. The molecule has 0 aliphatic heterocycles. The van der Waals surface area contributed by atoms with Crippen LogP contribution in [0.1, 0.15) is 5.56 Å². The SMILES string of the molecule is Cc1c(Cl)ncnc1Nc1cc(Br)ccc1F. The van der Waals surface area contributed by atoms with Crippen LogP contribution in [0.25, 0.3) is 0 Å². The van der Waals surface area contributed by atoms with E-state index in [2.05, 4.69) is 31.2 Å². The molecule has 0 aliphatic rings. The van der Waals surface area contributed by atoms with Crippen LogP contribution in [0.3, 0.4) is 0 Å². The Balaban J connectivity index is 2.38. The highest BCUT2D eigenvalue weighted by molar-refractivity contribution is 9.10. The lowest BCUT2D eigenvalue weighted by molar-refractivity contribution is 0.631. The minimum Gasteiger partial charge on any atom is -0.337 e. The van der Waals surface area contributed by atoms with Crippen LogP contribution in [0.4, 0.5) is 15.9 Å². The molecule has 2 aromatic rings. The van der Waals surface area contributed by atoms with Gasteiger partial charge >= 0.3 is 0 Å². The lowest BCUT2D eigenvalue weighted by Gasteiger charge is -2.09. The third kappa shape index (κ3) is 2.73. The maximum absolute atomic E-state index is 13.5. The van der Waals surface area contributed by atoms with E-state index in [9.17, 15) is 4.39 Å². The summed E-state index contributed by atoms with van der Waals surface area (Å²) in [4.78, 5) is 7.85. The minimum absolute atomic E-state index is 0.331. The van der Waals surface area contributed by atoms with Gasteiger partial charge < -0.3 is 5.32 Å². The second-order valence-corrected chi connectivity index (χ2v) is 4.66. The molecule has 0 unspecified atom stereocenters. The highest BCUT2D eigenvalue weighted by atomic mass is 79.9. The summed E-state index contributed by atoms with van der Waals surface area (Å²) in [5.41, 5.74) is 1.01. The molecular formula is C11H8BrClFN3. The molecule has 0 fully saturated rings. The molecule has 0 spiro atoms. The Morgan fingerprint density at radius 2 is 2.12 bits per heavy atom. The van der Waals surface area contributed by atoms with Gasteiger partial charge in [-0.25, -0.2) is 14.4 Å². The average molecular weight is 317 g/mol. The third-order valence-electron chi connectivity index (χ3n) is 2.20. The fourth-order valence-electron chi connectivity index (χ4n) is 1.28. The molecule has 0 bridgehead atoms. The van der Waals surface area contributed by atoms with E-state index < -0.39 is 0 Å². The van der Waals surface area contributed by atoms with Gasteiger partial charge in [-0.3, -0.25) is 0 Å². The van der Waals surface area contributed by atoms with E-state index in [0.29, 0.717) is 22.2 Å². The first-order valence-electron chi connectivity index (χ1n) is 4.77. The van der Waals surface area contributed by atoms with Crippen molar-refractivity contribution in [1.29, 1.82) is 0 Å². The number of rotatable bonds is 2. The van der Waals surface area contributed by atoms with Crippen LogP contribution in [0.15, 0.2) is 29.0 Å². The van der Waals surface area contributed by atoms with Gasteiger partial charge in [-0.2, -0.15) is 0 Å². The van der Waals surface area contributed by atoms with Crippen molar-refractivity contribution in [1.82, 2.24) is 9.97 Å². The summed E-state index contributed by atoms with van der Waals surface area (Å²) >= 11 is 9.13. The van der Waals surface area contributed by atoms with Gasteiger partial charge in [0.1, 0.15) is 23.1 Å². The van der Waals surface area contributed by atoms with E-state index in [4.69, 9.17) is 11.6 Å². The number of anilines is 2. The molecule has 0 amide bonds. The van der Waals surface area contributed by atoms with Gasteiger partial charge in [0.2, 0.25) is 0 Å². The Kier molecular flexibility index (Phi) is 3.59. The number of benzene rings is 1. The fraction of sp³-hybridized carbons (Fsp3) is 0.0909. The highest BCUT2D eigenvalue weighted by Crippen LogP contribution is 2.26. The van der Waals surface area contributed by atoms with E-state index in [-0.39, 0.29) is 5.82 Å². The van der Waals surface area contributed by atoms with E-state index in [1.807, 2.05) is 0 Å². The van der Waals surface area contributed by atoms with Crippen LogP contribution in [0, 0.1) is 12.7 Å². The smallest absolute Gasteiger partial charge is 0.146 e. The lowest BCUT2D eigenvalue weighted by atomic mass is 10.3. The normalized spacial score (nSPS) is 10.4. The van der Waals surface area contributed by atoms with Crippen molar-refractivity contribution < 1.29 is 4.39 Å². The van der Waals surface area contributed by atoms with Gasteiger partial charge in [0.05, 0.1) is 5.69 Å². The molecule has 1 aromatic carbocycles. The fourth-order valence-corrected chi connectivity index (χ4v) is 1.77. The first-order chi connectivity index (χ1) is 8.08. The van der Waals surface area contributed by atoms with Gasteiger partial charge in [0.15, 0.2) is 0 Å². The number of hydrogen-bond donors (Lipinski definition) is 1. The largest absolute Gasteiger partial charge is 0.337 e. The van der Waals surface area contributed by atoms with Crippen molar-refractivity contribution in [2.24, 2.45) is 0 Å². The van der Waals surface area contributed by atoms with E-state index in [1.54, 1.807) is 19.1 Å². The van der Waals surface area contributed by atoms with Gasteiger partial charge in [0, 0.05) is 10.0 Å². The third-order valence-corrected chi connectivity index (χ3v) is 3.08. The number of aromatic nitrogens is 2. The van der Waals surface area contributed by atoms with E-state index >= 15 is 0 Å². The topological polar surface area (TPSA) is 37.8 Å². The maximum atomic E-state index is 13.5. The summed E-state index contributed by atoms with van der Waals surface area (Å²) in [7, 11) is 0. The quantitative estimate of drug-likeness (QED) is 0.848. The Labute approximate surface area is 111 Å². The van der Waals surface area contributed by atoms with Crippen LogP contribution >= 0.6 is 27.5 Å². The second-order valence-electron chi connectivity index (χ2n) is 3.39. The van der Waals surface area contributed by atoms with Gasteiger partial charge in [-0.15, -0.1) is 0 Å². The molecule has 17 heavy (non-hydrogen) atoms. The molecule has 3 nitrogen and oxygen atoms in total. The van der Waals surface area contributed by atoms with Crippen LogP contribution in [0.5, 0.6) is 0 Å². The van der Waals surface area contributed by atoms with E-state index in [0.717, 1.165) is 4.47 Å². The van der Waals surface area contributed by atoms with Crippen molar-refractivity contribution in [3.8, 4) is 0 Å². The number of nitrogens with zero attached hydrogens (tertiary/aromatic N) is 2. The van der Waals surface area contributed by atoms with Crippen LogP contribution < -0.4 is 5.32 Å². The Morgan fingerprint density at radius 3 is 2.88 bits per heavy atom. The summed E-state index contributed by atoms with van der Waals surface area (Å²) in [6.45, 7) is 1.76. The van der Waals surface area contributed by atoms with Crippen LogP contribution in [0.2, 0.25) is 5.15 Å². The van der Waals surface area contributed by atoms with Crippen molar-refractivity contribution in [3.63, 3.8) is 0 Å². The summed E-state index contributed by atoms with van der Waals surface area (Å²) < 4.78 is 14.3. The molecule has 1 heterocycles. The molecule has 0 saturated carbocycles. The average Bonchev–Trinajstić information content (AvgIpc) is 2.30. The predicted molar refractivity (Wildman–Crippen MR) is 69.2 cm³/mol. The molecule has 2 rings (SSSR count). The maximum Gasteiger partial charge on any atom is 0.146 e. The van der Waals surface area contributed by atoms with Crippen molar-refractivity contribution >= 4 is 39.0 Å². The summed E-state index contributed by atoms with van der Waals surface area (Å²) in [6.07, 6.45) is 1.33. The van der Waals surface area contributed by atoms with Gasteiger partial charge in [0.25, 0.3) is 0 Å². The zero-order chi connectivity index (χ0) is 12.4. The molecule has 0 saturated heterocycles. The first-order valence-corrected chi connectivity index (χ1v) is 5.94. The van der Waals surface area contributed by atoms with E-state index in [1.165, 1.54) is 12.4 Å². The number of hydrogen-bond acceptors (Lipinski definition) is 3. The van der Waals surface area contributed by atoms with Crippen molar-refractivity contribution in [2.45, 2.75) is 6.92 Å². The molecule has 1 aromatic heterocycles. The van der Waals surface area contributed by atoms with Crippen molar-refractivity contribution in [3.05, 3.63) is 45.5 Å². The minimum atomic E-state index is -0.359. The summed E-state index contributed by atoms with van der Waals surface area (Å²) in [5.74, 6) is 0.129.